The average molecular weight is 525 g/mol. The van der Waals surface area contributed by atoms with Gasteiger partial charge in [0.2, 0.25) is 0 Å². The van der Waals surface area contributed by atoms with Crippen LogP contribution in [-0.4, -0.2) is 23.1 Å². The molecule has 1 N–H and O–H groups in total. The molecule has 0 aliphatic heterocycles. The highest BCUT2D eigenvalue weighted by Gasteiger charge is 2.14. The fourth-order valence-electron chi connectivity index (χ4n) is 5.13. The van der Waals surface area contributed by atoms with E-state index < -0.39 is 5.97 Å². The lowest BCUT2D eigenvalue weighted by Crippen LogP contribution is -2.18. The number of aliphatic carboxylic acids is 1. The van der Waals surface area contributed by atoms with Gasteiger partial charge in [0.1, 0.15) is 6.10 Å². The average Bonchev–Trinajstić information content (AvgIpc) is 2.87. The number of hydrogen-bond acceptors (Lipinski definition) is 3. The normalized spacial score (nSPS) is 12.1. The van der Waals surface area contributed by atoms with Gasteiger partial charge < -0.3 is 9.84 Å². The van der Waals surface area contributed by atoms with Crippen molar-refractivity contribution < 1.29 is 19.4 Å². The summed E-state index contributed by atoms with van der Waals surface area (Å²) in [6.45, 7) is 4.50. The Morgan fingerprint density at radius 1 is 0.486 bits per heavy atom. The van der Waals surface area contributed by atoms with E-state index in [1.54, 1.807) is 0 Å². The summed E-state index contributed by atoms with van der Waals surface area (Å²) in [7, 11) is 0. The van der Waals surface area contributed by atoms with E-state index in [0.717, 1.165) is 64.2 Å². The summed E-state index contributed by atoms with van der Waals surface area (Å²) < 4.78 is 5.89. The molecule has 0 aromatic heterocycles. The van der Waals surface area contributed by atoms with Crippen LogP contribution in [0.3, 0.4) is 0 Å². The molecule has 0 aromatic rings. The first kappa shape index (κ1) is 35.9. The zero-order chi connectivity index (χ0) is 27.2. The van der Waals surface area contributed by atoms with Gasteiger partial charge in [-0.3, -0.25) is 9.59 Å². The monoisotopic (exact) mass is 524 g/mol. The van der Waals surface area contributed by atoms with Crippen LogP contribution in [0.15, 0.2) is 0 Å². The van der Waals surface area contributed by atoms with Crippen LogP contribution in [0, 0.1) is 0 Å². The van der Waals surface area contributed by atoms with E-state index in [1.807, 2.05) is 0 Å². The molecule has 1 atom stereocenters. The number of carboxylic acid groups (broad SMARTS) is 1. The lowest BCUT2D eigenvalue weighted by atomic mass is 10.0. The molecule has 0 heterocycles. The Kier molecular flexibility index (Phi) is 28.7. The van der Waals surface area contributed by atoms with Crippen LogP contribution >= 0.6 is 0 Å². The van der Waals surface area contributed by atoms with Crippen molar-refractivity contribution in [1.82, 2.24) is 0 Å². The van der Waals surface area contributed by atoms with Crippen LogP contribution in [0.5, 0.6) is 0 Å². The topological polar surface area (TPSA) is 63.6 Å². The SMILES string of the molecule is CCCCCCCCCCCCCCCCCC(=O)OC(CCCCCC)CCCCCCCC(=O)O. The molecule has 0 amide bonds. The van der Waals surface area contributed by atoms with Crippen LogP contribution in [0.4, 0.5) is 0 Å². The summed E-state index contributed by atoms with van der Waals surface area (Å²) >= 11 is 0. The van der Waals surface area contributed by atoms with Crippen molar-refractivity contribution in [2.45, 2.75) is 200 Å². The Hall–Kier alpha value is -1.06. The van der Waals surface area contributed by atoms with Gasteiger partial charge >= 0.3 is 11.9 Å². The van der Waals surface area contributed by atoms with E-state index in [0.29, 0.717) is 6.42 Å². The van der Waals surface area contributed by atoms with Gasteiger partial charge in [0, 0.05) is 12.8 Å². The largest absolute Gasteiger partial charge is 0.481 e. The molecule has 0 aromatic carbocycles. The van der Waals surface area contributed by atoms with E-state index in [9.17, 15) is 9.59 Å². The van der Waals surface area contributed by atoms with Crippen molar-refractivity contribution in [2.24, 2.45) is 0 Å². The van der Waals surface area contributed by atoms with Crippen LogP contribution in [-0.2, 0) is 14.3 Å². The van der Waals surface area contributed by atoms with Crippen LogP contribution in [0.25, 0.3) is 0 Å². The molecule has 0 saturated carbocycles. The Morgan fingerprint density at radius 3 is 1.22 bits per heavy atom. The Labute approximate surface area is 231 Å². The summed E-state index contributed by atoms with van der Waals surface area (Å²) in [5.41, 5.74) is 0. The molecule has 0 spiro atoms. The second kappa shape index (κ2) is 29.5. The third-order valence-electron chi connectivity index (χ3n) is 7.58. The third-order valence-corrected chi connectivity index (χ3v) is 7.58. The van der Waals surface area contributed by atoms with E-state index >= 15 is 0 Å². The van der Waals surface area contributed by atoms with E-state index in [2.05, 4.69) is 13.8 Å². The summed E-state index contributed by atoms with van der Waals surface area (Å²) in [5, 5.41) is 8.73. The van der Waals surface area contributed by atoms with Gasteiger partial charge in [-0.2, -0.15) is 0 Å². The fourth-order valence-corrected chi connectivity index (χ4v) is 5.13. The predicted molar refractivity (Wildman–Crippen MR) is 158 cm³/mol. The van der Waals surface area contributed by atoms with Crippen molar-refractivity contribution in [1.29, 1.82) is 0 Å². The highest BCUT2D eigenvalue weighted by atomic mass is 16.5. The molecular weight excluding hydrogens is 460 g/mol. The minimum absolute atomic E-state index is 0.00311. The standard InChI is InChI=1S/C33H64O4/c1-3-5-7-9-10-11-12-13-14-15-16-17-18-22-26-30-33(36)37-31(27-23-8-6-4-2)28-24-20-19-21-25-29-32(34)35/h31H,3-30H2,1-2H3,(H,34,35). The minimum atomic E-state index is -0.701. The summed E-state index contributed by atoms with van der Waals surface area (Å²) in [4.78, 5) is 23.0. The van der Waals surface area contributed by atoms with Crippen molar-refractivity contribution in [3.8, 4) is 0 Å². The molecule has 37 heavy (non-hydrogen) atoms. The van der Waals surface area contributed by atoms with Crippen molar-refractivity contribution in [3.05, 3.63) is 0 Å². The van der Waals surface area contributed by atoms with Gasteiger partial charge in [0.05, 0.1) is 0 Å². The molecule has 0 fully saturated rings. The summed E-state index contributed by atoms with van der Waals surface area (Å²) in [6.07, 6.45) is 32.7. The smallest absolute Gasteiger partial charge is 0.306 e. The molecule has 4 nitrogen and oxygen atoms in total. The zero-order valence-corrected chi connectivity index (χ0v) is 25.0. The van der Waals surface area contributed by atoms with Crippen molar-refractivity contribution in [2.75, 3.05) is 0 Å². The first-order valence-electron chi connectivity index (χ1n) is 16.5. The van der Waals surface area contributed by atoms with Crippen LogP contribution < -0.4 is 0 Å². The number of esters is 1. The van der Waals surface area contributed by atoms with Crippen LogP contribution in [0.1, 0.15) is 194 Å². The number of carbonyl (C=O) groups is 2. The molecule has 0 aliphatic rings. The number of ether oxygens (including phenoxy) is 1. The molecule has 0 radical (unpaired) electrons. The first-order valence-corrected chi connectivity index (χ1v) is 16.5. The van der Waals surface area contributed by atoms with Gasteiger partial charge in [-0.25, -0.2) is 0 Å². The van der Waals surface area contributed by atoms with Gasteiger partial charge in [-0.1, -0.05) is 142 Å². The zero-order valence-electron chi connectivity index (χ0n) is 25.0. The molecule has 0 rings (SSSR count). The maximum atomic E-state index is 12.4. The number of carboxylic acids is 1. The number of rotatable bonds is 30. The van der Waals surface area contributed by atoms with Gasteiger partial charge in [0.25, 0.3) is 0 Å². The number of hydrogen-bond donors (Lipinski definition) is 1. The quantitative estimate of drug-likeness (QED) is 0.0749. The Bertz CT molecular complexity index is 491. The van der Waals surface area contributed by atoms with Gasteiger partial charge in [-0.15, -0.1) is 0 Å². The van der Waals surface area contributed by atoms with E-state index in [4.69, 9.17) is 9.84 Å². The first-order chi connectivity index (χ1) is 18.1. The maximum Gasteiger partial charge on any atom is 0.306 e. The molecule has 220 valence electrons. The lowest BCUT2D eigenvalue weighted by Gasteiger charge is -2.18. The number of unbranched alkanes of at least 4 members (excludes halogenated alkanes) is 21. The maximum absolute atomic E-state index is 12.4. The highest BCUT2D eigenvalue weighted by Crippen LogP contribution is 2.18. The molecular formula is C33H64O4. The van der Waals surface area contributed by atoms with Crippen LogP contribution in [0.2, 0.25) is 0 Å². The second-order valence-electron chi connectivity index (χ2n) is 11.4. The van der Waals surface area contributed by atoms with E-state index in [1.165, 1.54) is 103 Å². The predicted octanol–water partition coefficient (Wildman–Crippen LogP) is 10.9. The summed E-state index contributed by atoms with van der Waals surface area (Å²) in [6, 6.07) is 0. The van der Waals surface area contributed by atoms with E-state index in [-0.39, 0.29) is 18.5 Å². The second-order valence-corrected chi connectivity index (χ2v) is 11.4. The van der Waals surface area contributed by atoms with Gasteiger partial charge in [0.15, 0.2) is 0 Å². The molecule has 4 heteroatoms. The molecule has 1 unspecified atom stereocenters. The molecule has 0 aliphatic carbocycles. The third kappa shape index (κ3) is 29.4. The van der Waals surface area contributed by atoms with Crippen molar-refractivity contribution in [3.63, 3.8) is 0 Å². The minimum Gasteiger partial charge on any atom is -0.481 e. The highest BCUT2D eigenvalue weighted by molar-refractivity contribution is 5.69. The lowest BCUT2D eigenvalue weighted by molar-refractivity contribution is -0.150. The Balaban J connectivity index is 3.75. The Morgan fingerprint density at radius 2 is 0.811 bits per heavy atom. The molecule has 0 saturated heterocycles. The van der Waals surface area contributed by atoms with Gasteiger partial charge in [-0.05, 0) is 38.5 Å². The molecule has 0 bridgehead atoms. The number of carbonyl (C=O) groups excluding carboxylic acids is 1. The van der Waals surface area contributed by atoms with Crippen molar-refractivity contribution >= 4 is 11.9 Å². The summed E-state index contributed by atoms with van der Waals surface area (Å²) in [5.74, 6) is -0.704. The fraction of sp³-hybridized carbons (Fsp3) is 0.939.